The first-order chi connectivity index (χ1) is 12.9. The highest BCUT2D eigenvalue weighted by Crippen LogP contribution is 2.09. The molecule has 0 aromatic carbocycles. The average Bonchev–Trinajstić information content (AvgIpc) is 2.90. The summed E-state index contributed by atoms with van der Waals surface area (Å²) in [6.07, 6.45) is 9.46. The van der Waals surface area contributed by atoms with E-state index in [1.165, 1.54) is 45.3 Å². The summed E-state index contributed by atoms with van der Waals surface area (Å²) in [6.45, 7) is 5.43. The van der Waals surface area contributed by atoms with Crippen molar-refractivity contribution >= 4 is 35.6 Å². The first-order valence-corrected chi connectivity index (χ1v) is 9.82. The van der Waals surface area contributed by atoms with Gasteiger partial charge in [0.2, 0.25) is 0 Å². The van der Waals surface area contributed by atoms with E-state index in [1.807, 2.05) is 35.8 Å². The van der Waals surface area contributed by atoms with Crippen LogP contribution in [0.4, 0.5) is 0 Å². The van der Waals surface area contributed by atoms with E-state index in [1.54, 1.807) is 0 Å². The van der Waals surface area contributed by atoms with Gasteiger partial charge in [-0.15, -0.1) is 34.2 Å². The van der Waals surface area contributed by atoms with Gasteiger partial charge in [-0.05, 0) is 51.0 Å². The second kappa shape index (κ2) is 12.1. The molecule has 0 spiro atoms. The van der Waals surface area contributed by atoms with Gasteiger partial charge >= 0.3 is 0 Å². The number of aliphatic imine (C=N–C) groups is 1. The van der Waals surface area contributed by atoms with Gasteiger partial charge in [-0.25, -0.2) is 0 Å². The minimum atomic E-state index is 0. The molecule has 0 radical (unpaired) electrons. The Balaban J connectivity index is 0.00000261. The van der Waals surface area contributed by atoms with Crippen molar-refractivity contribution in [3.63, 3.8) is 0 Å². The minimum absolute atomic E-state index is 0. The Kier molecular flexibility index (Phi) is 9.82. The summed E-state index contributed by atoms with van der Waals surface area (Å²) in [5.74, 6) is 1.82. The molecule has 150 valence electrons. The second-order valence-corrected chi connectivity index (χ2v) is 6.83. The van der Waals surface area contributed by atoms with Gasteiger partial charge in [0, 0.05) is 32.8 Å². The summed E-state index contributed by atoms with van der Waals surface area (Å²) in [5, 5.41) is 15.2. The Hall–Kier alpha value is -1.42. The van der Waals surface area contributed by atoms with Crippen molar-refractivity contribution in [2.24, 2.45) is 4.99 Å². The molecule has 1 aliphatic heterocycles. The SMILES string of the molecule is CN=C(NCCCN1CCCCCC1)NCCc1nnc2ccccn12.I. The van der Waals surface area contributed by atoms with E-state index >= 15 is 0 Å². The van der Waals surface area contributed by atoms with Crippen LogP contribution in [0, 0.1) is 0 Å². The molecule has 3 rings (SSSR count). The van der Waals surface area contributed by atoms with Crippen molar-refractivity contribution in [1.82, 2.24) is 30.1 Å². The van der Waals surface area contributed by atoms with Crippen LogP contribution >= 0.6 is 24.0 Å². The molecule has 0 saturated carbocycles. The molecule has 0 bridgehead atoms. The zero-order valence-corrected chi connectivity index (χ0v) is 18.6. The van der Waals surface area contributed by atoms with Gasteiger partial charge in [0.15, 0.2) is 11.6 Å². The van der Waals surface area contributed by atoms with Gasteiger partial charge in [-0.3, -0.25) is 9.39 Å². The quantitative estimate of drug-likeness (QED) is 0.273. The Morgan fingerprint density at radius 2 is 1.85 bits per heavy atom. The van der Waals surface area contributed by atoms with Crippen molar-refractivity contribution in [3.05, 3.63) is 30.2 Å². The lowest BCUT2D eigenvalue weighted by Crippen LogP contribution is -2.39. The van der Waals surface area contributed by atoms with E-state index in [0.717, 1.165) is 43.4 Å². The number of guanidine groups is 1. The van der Waals surface area contributed by atoms with E-state index < -0.39 is 0 Å². The third kappa shape index (κ3) is 6.91. The molecule has 0 atom stereocenters. The highest BCUT2D eigenvalue weighted by Gasteiger charge is 2.08. The molecule has 8 heteroatoms. The molecule has 7 nitrogen and oxygen atoms in total. The first kappa shape index (κ1) is 21.9. The standard InChI is InChI=1S/C19H31N7.HI/c1-20-19(21-11-8-15-25-13-5-2-3-6-14-25)22-12-10-18-24-23-17-9-4-7-16-26(17)18;/h4,7,9,16H,2-3,5-6,8,10-15H2,1H3,(H2,20,21,22);1H. The molecule has 0 unspecified atom stereocenters. The smallest absolute Gasteiger partial charge is 0.190 e. The van der Waals surface area contributed by atoms with E-state index in [4.69, 9.17) is 0 Å². The molecule has 0 aliphatic carbocycles. The predicted molar refractivity (Wildman–Crippen MR) is 121 cm³/mol. The molecule has 2 N–H and O–H groups in total. The lowest BCUT2D eigenvalue weighted by Gasteiger charge is -2.20. The van der Waals surface area contributed by atoms with Crippen LogP contribution < -0.4 is 10.6 Å². The summed E-state index contributed by atoms with van der Waals surface area (Å²) < 4.78 is 2.03. The summed E-state index contributed by atoms with van der Waals surface area (Å²) in [7, 11) is 1.82. The minimum Gasteiger partial charge on any atom is -0.356 e. The molecule has 1 fully saturated rings. The summed E-state index contributed by atoms with van der Waals surface area (Å²) in [4.78, 5) is 6.91. The van der Waals surface area contributed by atoms with Crippen molar-refractivity contribution in [2.75, 3.05) is 39.8 Å². The fourth-order valence-corrected chi connectivity index (χ4v) is 3.44. The number of rotatable bonds is 7. The van der Waals surface area contributed by atoms with Crippen molar-refractivity contribution in [2.45, 2.75) is 38.5 Å². The van der Waals surface area contributed by atoms with Gasteiger partial charge in [-0.2, -0.15) is 0 Å². The number of hydrogen-bond acceptors (Lipinski definition) is 4. The number of nitrogens with one attached hydrogen (secondary N) is 2. The molecule has 2 aromatic heterocycles. The molecule has 2 aromatic rings. The summed E-state index contributed by atoms with van der Waals surface area (Å²) in [6, 6.07) is 5.94. The van der Waals surface area contributed by atoms with E-state index in [-0.39, 0.29) is 24.0 Å². The van der Waals surface area contributed by atoms with Crippen LogP contribution in [-0.4, -0.2) is 65.2 Å². The van der Waals surface area contributed by atoms with Gasteiger partial charge in [0.25, 0.3) is 0 Å². The van der Waals surface area contributed by atoms with Gasteiger partial charge in [0.05, 0.1) is 0 Å². The Morgan fingerprint density at radius 1 is 1.07 bits per heavy atom. The topological polar surface area (TPSA) is 69.8 Å². The van der Waals surface area contributed by atoms with Crippen LogP contribution in [0.1, 0.15) is 37.9 Å². The van der Waals surface area contributed by atoms with Crippen LogP contribution in [0.25, 0.3) is 5.65 Å². The fourth-order valence-electron chi connectivity index (χ4n) is 3.44. The van der Waals surface area contributed by atoms with Crippen molar-refractivity contribution in [1.29, 1.82) is 0 Å². The lowest BCUT2D eigenvalue weighted by atomic mass is 10.2. The van der Waals surface area contributed by atoms with Crippen LogP contribution in [0.5, 0.6) is 0 Å². The van der Waals surface area contributed by atoms with Crippen molar-refractivity contribution < 1.29 is 0 Å². The normalized spacial score (nSPS) is 16.0. The van der Waals surface area contributed by atoms with Crippen LogP contribution in [-0.2, 0) is 6.42 Å². The Bertz CT molecular complexity index is 692. The third-order valence-electron chi connectivity index (χ3n) is 4.89. The lowest BCUT2D eigenvalue weighted by molar-refractivity contribution is 0.282. The Labute approximate surface area is 179 Å². The number of halogens is 1. The number of aromatic nitrogens is 3. The fraction of sp³-hybridized carbons (Fsp3) is 0.632. The van der Waals surface area contributed by atoms with Crippen LogP contribution in [0.2, 0.25) is 0 Å². The van der Waals surface area contributed by atoms with Crippen molar-refractivity contribution in [3.8, 4) is 0 Å². The largest absolute Gasteiger partial charge is 0.356 e. The maximum atomic E-state index is 4.31. The highest BCUT2D eigenvalue weighted by atomic mass is 127. The zero-order valence-electron chi connectivity index (χ0n) is 16.2. The number of nitrogens with zero attached hydrogens (tertiary/aromatic N) is 5. The number of likely N-dealkylation sites (tertiary alicyclic amines) is 1. The maximum absolute atomic E-state index is 4.31. The molecule has 1 saturated heterocycles. The number of fused-ring (bicyclic) bond motifs is 1. The van der Waals surface area contributed by atoms with E-state index in [0.29, 0.717) is 0 Å². The van der Waals surface area contributed by atoms with Crippen LogP contribution in [0.15, 0.2) is 29.4 Å². The molecular weight excluding hydrogens is 453 g/mol. The summed E-state index contributed by atoms with van der Waals surface area (Å²) in [5.41, 5.74) is 0.888. The molecule has 1 aliphatic rings. The second-order valence-electron chi connectivity index (χ2n) is 6.83. The highest BCUT2D eigenvalue weighted by molar-refractivity contribution is 14.0. The molecular formula is C19H32IN7. The maximum Gasteiger partial charge on any atom is 0.190 e. The number of pyridine rings is 1. The predicted octanol–water partition coefficient (Wildman–Crippen LogP) is 2.32. The third-order valence-corrected chi connectivity index (χ3v) is 4.89. The van der Waals surface area contributed by atoms with Crippen LogP contribution in [0.3, 0.4) is 0 Å². The monoisotopic (exact) mass is 485 g/mol. The van der Waals surface area contributed by atoms with E-state index in [9.17, 15) is 0 Å². The Morgan fingerprint density at radius 3 is 2.63 bits per heavy atom. The van der Waals surface area contributed by atoms with Gasteiger partial charge < -0.3 is 15.5 Å². The average molecular weight is 485 g/mol. The van der Waals surface area contributed by atoms with Gasteiger partial charge in [0.1, 0.15) is 5.82 Å². The molecule has 0 amide bonds. The van der Waals surface area contributed by atoms with Gasteiger partial charge in [-0.1, -0.05) is 18.9 Å². The molecule has 3 heterocycles. The zero-order chi connectivity index (χ0) is 18.0. The first-order valence-electron chi connectivity index (χ1n) is 9.82. The number of hydrogen-bond donors (Lipinski definition) is 2. The van der Waals surface area contributed by atoms with E-state index in [2.05, 4.69) is 30.7 Å². The summed E-state index contributed by atoms with van der Waals surface area (Å²) >= 11 is 0. The molecule has 27 heavy (non-hydrogen) atoms.